The first-order chi connectivity index (χ1) is 11.7. The van der Waals surface area contributed by atoms with Crippen LogP contribution < -0.4 is 24.7 Å². The van der Waals surface area contributed by atoms with Gasteiger partial charge in [0.25, 0.3) is 0 Å². The SMILES string of the molecule is COc1ccccc1CC(CN)c1cc(OC)c(OC)c(OC)c1. The van der Waals surface area contributed by atoms with Gasteiger partial charge in [-0.15, -0.1) is 0 Å². The van der Waals surface area contributed by atoms with Crippen molar-refractivity contribution in [1.82, 2.24) is 0 Å². The maximum atomic E-state index is 6.04. The van der Waals surface area contributed by atoms with E-state index in [9.17, 15) is 0 Å². The average Bonchev–Trinajstić information content (AvgIpc) is 2.64. The maximum absolute atomic E-state index is 6.04. The molecule has 2 N–H and O–H groups in total. The highest BCUT2D eigenvalue weighted by atomic mass is 16.5. The van der Waals surface area contributed by atoms with Gasteiger partial charge < -0.3 is 24.7 Å². The van der Waals surface area contributed by atoms with Crippen LogP contribution in [0.3, 0.4) is 0 Å². The maximum Gasteiger partial charge on any atom is 0.203 e. The number of nitrogens with two attached hydrogens (primary N) is 1. The quantitative estimate of drug-likeness (QED) is 0.805. The lowest BCUT2D eigenvalue weighted by Crippen LogP contribution is -2.16. The Morgan fingerprint density at radius 1 is 0.833 bits per heavy atom. The monoisotopic (exact) mass is 331 g/mol. The van der Waals surface area contributed by atoms with E-state index >= 15 is 0 Å². The van der Waals surface area contributed by atoms with Gasteiger partial charge >= 0.3 is 0 Å². The fraction of sp³-hybridized carbons (Fsp3) is 0.368. The first-order valence-corrected chi connectivity index (χ1v) is 7.80. The van der Waals surface area contributed by atoms with Crippen LogP contribution in [0.2, 0.25) is 0 Å². The van der Waals surface area contributed by atoms with Crippen LogP contribution in [0.4, 0.5) is 0 Å². The topological polar surface area (TPSA) is 62.9 Å². The van der Waals surface area contributed by atoms with Crippen LogP contribution in [0.15, 0.2) is 36.4 Å². The third-order valence-corrected chi connectivity index (χ3v) is 4.10. The minimum absolute atomic E-state index is 0.106. The molecule has 5 nitrogen and oxygen atoms in total. The van der Waals surface area contributed by atoms with Gasteiger partial charge in [-0.2, -0.15) is 0 Å². The molecule has 0 aromatic heterocycles. The second kappa shape index (κ2) is 8.45. The van der Waals surface area contributed by atoms with E-state index in [-0.39, 0.29) is 5.92 Å². The molecule has 5 heteroatoms. The third-order valence-electron chi connectivity index (χ3n) is 4.10. The lowest BCUT2D eigenvalue weighted by molar-refractivity contribution is 0.323. The zero-order valence-electron chi connectivity index (χ0n) is 14.7. The minimum Gasteiger partial charge on any atom is -0.496 e. The van der Waals surface area contributed by atoms with Gasteiger partial charge in [-0.1, -0.05) is 18.2 Å². The molecule has 0 amide bonds. The number of rotatable bonds is 8. The summed E-state index contributed by atoms with van der Waals surface area (Å²) in [4.78, 5) is 0. The van der Waals surface area contributed by atoms with E-state index in [1.807, 2.05) is 30.3 Å². The minimum atomic E-state index is 0.106. The number of hydrogen-bond acceptors (Lipinski definition) is 5. The second-order valence-electron chi connectivity index (χ2n) is 5.41. The van der Waals surface area contributed by atoms with Gasteiger partial charge in [0.2, 0.25) is 5.75 Å². The van der Waals surface area contributed by atoms with E-state index in [2.05, 4.69) is 6.07 Å². The Morgan fingerprint density at radius 2 is 1.42 bits per heavy atom. The molecular formula is C19H25NO4. The Bertz CT molecular complexity index is 647. The molecular weight excluding hydrogens is 306 g/mol. The molecule has 1 unspecified atom stereocenters. The fourth-order valence-electron chi connectivity index (χ4n) is 2.81. The number of hydrogen-bond donors (Lipinski definition) is 1. The molecule has 0 aliphatic heterocycles. The van der Waals surface area contributed by atoms with Gasteiger partial charge in [-0.05, 0) is 42.3 Å². The van der Waals surface area contributed by atoms with Crippen LogP contribution in [0, 0.1) is 0 Å². The molecule has 0 fully saturated rings. The van der Waals surface area contributed by atoms with Gasteiger partial charge in [0.15, 0.2) is 11.5 Å². The predicted molar refractivity (Wildman–Crippen MR) is 94.6 cm³/mol. The Kier molecular flexibility index (Phi) is 6.32. The molecule has 0 spiro atoms. The largest absolute Gasteiger partial charge is 0.496 e. The van der Waals surface area contributed by atoms with Crippen molar-refractivity contribution in [2.24, 2.45) is 5.73 Å². The molecule has 24 heavy (non-hydrogen) atoms. The van der Waals surface area contributed by atoms with Gasteiger partial charge in [0, 0.05) is 5.92 Å². The van der Waals surface area contributed by atoms with E-state index in [4.69, 9.17) is 24.7 Å². The van der Waals surface area contributed by atoms with Crippen LogP contribution in [0.5, 0.6) is 23.0 Å². The molecule has 0 aliphatic rings. The van der Waals surface area contributed by atoms with Gasteiger partial charge in [0.1, 0.15) is 5.75 Å². The molecule has 0 saturated heterocycles. The van der Waals surface area contributed by atoms with Crippen molar-refractivity contribution >= 4 is 0 Å². The molecule has 0 bridgehead atoms. The van der Waals surface area contributed by atoms with Gasteiger partial charge in [0.05, 0.1) is 28.4 Å². The number of methoxy groups -OCH3 is 4. The molecule has 0 radical (unpaired) electrons. The summed E-state index contributed by atoms with van der Waals surface area (Å²) in [5.74, 6) is 2.81. The molecule has 2 aromatic rings. The van der Waals surface area contributed by atoms with Crippen molar-refractivity contribution in [3.8, 4) is 23.0 Å². The summed E-state index contributed by atoms with van der Waals surface area (Å²) < 4.78 is 21.7. The molecule has 2 rings (SSSR count). The van der Waals surface area contributed by atoms with Crippen molar-refractivity contribution in [3.05, 3.63) is 47.5 Å². The van der Waals surface area contributed by atoms with Crippen molar-refractivity contribution in [3.63, 3.8) is 0 Å². The number of ether oxygens (including phenoxy) is 4. The molecule has 0 saturated carbocycles. The summed E-state index contributed by atoms with van der Waals surface area (Å²) in [6.45, 7) is 0.497. The highest BCUT2D eigenvalue weighted by molar-refractivity contribution is 5.54. The summed E-state index contributed by atoms with van der Waals surface area (Å²) in [7, 11) is 6.49. The lowest BCUT2D eigenvalue weighted by atomic mass is 9.91. The molecule has 2 aromatic carbocycles. The Balaban J connectivity index is 2.40. The van der Waals surface area contributed by atoms with Crippen molar-refractivity contribution < 1.29 is 18.9 Å². The standard InChI is InChI=1S/C19H25NO4/c1-21-16-8-6-5-7-13(16)9-15(12-20)14-10-17(22-2)19(24-4)18(11-14)23-3/h5-8,10-11,15H,9,12,20H2,1-4H3. The fourth-order valence-corrected chi connectivity index (χ4v) is 2.81. The van der Waals surface area contributed by atoms with Crippen molar-refractivity contribution in [2.45, 2.75) is 12.3 Å². The summed E-state index contributed by atoms with van der Waals surface area (Å²) in [6.07, 6.45) is 0.763. The molecule has 1 atom stereocenters. The molecule has 0 aliphatic carbocycles. The Hall–Kier alpha value is -2.40. The Morgan fingerprint density at radius 3 is 1.92 bits per heavy atom. The Labute approximate surface area is 143 Å². The second-order valence-corrected chi connectivity index (χ2v) is 5.41. The van der Waals surface area contributed by atoms with Crippen LogP contribution >= 0.6 is 0 Å². The number of para-hydroxylation sites is 1. The van der Waals surface area contributed by atoms with Crippen LogP contribution in [0.25, 0.3) is 0 Å². The zero-order chi connectivity index (χ0) is 17.5. The molecule has 130 valence electrons. The smallest absolute Gasteiger partial charge is 0.203 e. The van der Waals surface area contributed by atoms with Crippen LogP contribution in [-0.2, 0) is 6.42 Å². The highest BCUT2D eigenvalue weighted by Crippen LogP contribution is 2.40. The molecule has 0 heterocycles. The predicted octanol–water partition coefficient (Wildman–Crippen LogP) is 3.01. The van der Waals surface area contributed by atoms with Gasteiger partial charge in [-0.25, -0.2) is 0 Å². The van der Waals surface area contributed by atoms with E-state index in [0.29, 0.717) is 23.8 Å². The third kappa shape index (κ3) is 3.74. The van der Waals surface area contributed by atoms with Crippen molar-refractivity contribution in [1.29, 1.82) is 0 Å². The zero-order valence-corrected chi connectivity index (χ0v) is 14.7. The lowest BCUT2D eigenvalue weighted by Gasteiger charge is -2.20. The average molecular weight is 331 g/mol. The normalized spacial score (nSPS) is 11.7. The first-order valence-electron chi connectivity index (χ1n) is 7.80. The number of benzene rings is 2. The van der Waals surface area contributed by atoms with Crippen LogP contribution in [-0.4, -0.2) is 35.0 Å². The van der Waals surface area contributed by atoms with Gasteiger partial charge in [-0.3, -0.25) is 0 Å². The van der Waals surface area contributed by atoms with E-state index in [1.54, 1.807) is 28.4 Å². The summed E-state index contributed by atoms with van der Waals surface area (Å²) in [5.41, 5.74) is 8.20. The summed E-state index contributed by atoms with van der Waals surface area (Å²) >= 11 is 0. The first kappa shape index (κ1) is 17.9. The van der Waals surface area contributed by atoms with Crippen molar-refractivity contribution in [2.75, 3.05) is 35.0 Å². The summed E-state index contributed by atoms with van der Waals surface area (Å²) in [6, 6.07) is 11.9. The highest BCUT2D eigenvalue weighted by Gasteiger charge is 2.19. The van der Waals surface area contributed by atoms with E-state index in [1.165, 1.54) is 0 Å². The summed E-state index contributed by atoms with van der Waals surface area (Å²) in [5, 5.41) is 0. The van der Waals surface area contributed by atoms with Crippen LogP contribution in [0.1, 0.15) is 17.0 Å². The van der Waals surface area contributed by atoms with E-state index < -0.39 is 0 Å². The van der Waals surface area contributed by atoms with E-state index in [0.717, 1.165) is 23.3 Å².